The second-order valence-electron chi connectivity index (χ2n) is 8.49. The summed E-state index contributed by atoms with van der Waals surface area (Å²) in [6.07, 6.45) is 8.59. The summed E-state index contributed by atoms with van der Waals surface area (Å²) in [5.74, 6) is 1.25. The van der Waals surface area contributed by atoms with Gasteiger partial charge in [-0.3, -0.25) is 4.98 Å². The van der Waals surface area contributed by atoms with E-state index in [9.17, 15) is 8.42 Å². The fourth-order valence-corrected chi connectivity index (χ4v) is 4.54. The fourth-order valence-electron chi connectivity index (χ4n) is 3.77. The topological polar surface area (TPSA) is 87.0 Å². The average molecular weight is 519 g/mol. The van der Waals surface area contributed by atoms with E-state index in [0.717, 1.165) is 33.3 Å². The zero-order valence-electron chi connectivity index (χ0n) is 19.5. The van der Waals surface area contributed by atoms with Gasteiger partial charge in [0.1, 0.15) is 22.2 Å². The number of halogens is 1. The largest absolute Gasteiger partial charge is 0.486 e. The molecule has 2 aromatic carbocycles. The molecule has 0 amide bonds. The normalized spacial score (nSPS) is 11.6. The van der Waals surface area contributed by atoms with Gasteiger partial charge in [-0.2, -0.15) is 0 Å². The number of aryl methyl sites for hydroxylation is 1. The molecule has 0 radical (unpaired) electrons. The zero-order valence-corrected chi connectivity index (χ0v) is 21.1. The monoisotopic (exact) mass is 518 g/mol. The SMILES string of the molecule is CS(=O)(=O)CCn1ccc(-c2ccc3nc(-c4ccc(OCc5ccccn5)c(Cl)c4)ncc3c2)c1. The molecule has 9 heteroatoms. The molecule has 0 saturated heterocycles. The molecule has 0 fully saturated rings. The lowest BCUT2D eigenvalue weighted by molar-refractivity contribution is 0.301. The van der Waals surface area contributed by atoms with Crippen LogP contribution in [0.5, 0.6) is 5.75 Å². The van der Waals surface area contributed by atoms with Crippen molar-refractivity contribution in [2.75, 3.05) is 12.0 Å². The van der Waals surface area contributed by atoms with Gasteiger partial charge >= 0.3 is 0 Å². The van der Waals surface area contributed by atoms with Gasteiger partial charge < -0.3 is 9.30 Å². The minimum Gasteiger partial charge on any atom is -0.486 e. The van der Waals surface area contributed by atoms with E-state index in [1.807, 2.05) is 71.6 Å². The predicted molar refractivity (Wildman–Crippen MR) is 142 cm³/mol. The number of hydrogen-bond donors (Lipinski definition) is 0. The maximum atomic E-state index is 11.4. The number of ether oxygens (including phenoxy) is 1. The van der Waals surface area contributed by atoms with Crippen LogP contribution in [0.4, 0.5) is 0 Å². The van der Waals surface area contributed by atoms with Crippen LogP contribution >= 0.6 is 11.6 Å². The van der Waals surface area contributed by atoms with Crippen LogP contribution in [0.3, 0.4) is 0 Å². The summed E-state index contributed by atoms with van der Waals surface area (Å²) in [4.78, 5) is 13.5. The van der Waals surface area contributed by atoms with E-state index in [1.54, 1.807) is 18.5 Å². The first-order valence-corrected chi connectivity index (χ1v) is 13.7. The minimum absolute atomic E-state index is 0.108. The molecule has 0 aliphatic carbocycles. The molecule has 0 bridgehead atoms. The highest BCUT2D eigenvalue weighted by atomic mass is 35.5. The quantitative estimate of drug-likeness (QED) is 0.272. The fraction of sp³-hybridized carbons (Fsp3) is 0.148. The summed E-state index contributed by atoms with van der Waals surface area (Å²) in [7, 11) is -3.01. The summed E-state index contributed by atoms with van der Waals surface area (Å²) in [5.41, 5.74) is 4.43. The molecule has 0 N–H and O–H groups in total. The first-order chi connectivity index (χ1) is 17.3. The summed E-state index contributed by atoms with van der Waals surface area (Å²) in [5, 5.41) is 1.38. The molecule has 7 nitrogen and oxygen atoms in total. The summed E-state index contributed by atoms with van der Waals surface area (Å²) < 4.78 is 30.6. The van der Waals surface area contributed by atoms with Crippen LogP contribution in [0.2, 0.25) is 5.02 Å². The Kier molecular flexibility index (Phi) is 6.71. The molecule has 0 spiro atoms. The van der Waals surface area contributed by atoms with Gasteiger partial charge in [-0.25, -0.2) is 18.4 Å². The first-order valence-electron chi connectivity index (χ1n) is 11.3. The number of benzene rings is 2. The van der Waals surface area contributed by atoms with Crippen molar-refractivity contribution in [2.45, 2.75) is 13.2 Å². The van der Waals surface area contributed by atoms with Crippen LogP contribution in [0, 0.1) is 0 Å². The smallest absolute Gasteiger partial charge is 0.159 e. The van der Waals surface area contributed by atoms with Gasteiger partial charge in [0.25, 0.3) is 0 Å². The molecule has 182 valence electrons. The molecule has 0 atom stereocenters. The second kappa shape index (κ2) is 10.1. The Labute approximate surface area is 214 Å². The number of aromatic nitrogens is 4. The third-order valence-corrected chi connectivity index (χ3v) is 6.90. The van der Waals surface area contributed by atoms with Crippen molar-refractivity contribution in [3.8, 4) is 28.3 Å². The van der Waals surface area contributed by atoms with Crippen LogP contribution in [0.15, 0.2) is 85.5 Å². The highest BCUT2D eigenvalue weighted by molar-refractivity contribution is 7.90. The van der Waals surface area contributed by atoms with Gasteiger partial charge in [0.15, 0.2) is 5.82 Å². The maximum Gasteiger partial charge on any atom is 0.159 e. The standard InChI is InChI=1S/C27H23ClN4O3S/c1-36(33,34)13-12-32-11-9-21(17-32)19-5-7-25-22(14-19)16-30-27(31-25)20-6-8-26(24(28)15-20)35-18-23-4-2-3-10-29-23/h2-11,14-17H,12-13,18H2,1H3. The Morgan fingerprint density at radius 2 is 1.83 bits per heavy atom. The van der Waals surface area contributed by atoms with E-state index in [0.29, 0.717) is 29.7 Å². The Morgan fingerprint density at radius 1 is 0.972 bits per heavy atom. The lowest BCUT2D eigenvalue weighted by Crippen LogP contribution is -2.09. The predicted octanol–water partition coefficient (Wildman–Crippen LogP) is 5.44. The third-order valence-electron chi connectivity index (χ3n) is 5.68. The van der Waals surface area contributed by atoms with Crippen LogP contribution in [-0.2, 0) is 23.0 Å². The number of nitrogens with zero attached hydrogens (tertiary/aromatic N) is 4. The van der Waals surface area contributed by atoms with Crippen LogP contribution in [0.1, 0.15) is 5.69 Å². The molecule has 0 unspecified atom stereocenters. The van der Waals surface area contributed by atoms with Crippen molar-refractivity contribution >= 4 is 32.3 Å². The zero-order chi connectivity index (χ0) is 25.1. The molecule has 5 rings (SSSR count). The van der Waals surface area contributed by atoms with Crippen molar-refractivity contribution in [1.82, 2.24) is 19.5 Å². The van der Waals surface area contributed by atoms with Crippen LogP contribution in [0.25, 0.3) is 33.4 Å². The van der Waals surface area contributed by atoms with Crippen LogP contribution < -0.4 is 4.74 Å². The van der Waals surface area contributed by atoms with E-state index in [4.69, 9.17) is 21.3 Å². The molecular weight excluding hydrogens is 496 g/mol. The summed E-state index contributed by atoms with van der Waals surface area (Å²) in [6, 6.07) is 19.1. The Balaban J connectivity index is 1.33. The van der Waals surface area contributed by atoms with Gasteiger partial charge in [0.05, 0.1) is 22.0 Å². The first kappa shape index (κ1) is 24.0. The molecule has 3 heterocycles. The number of rotatable bonds is 8. The number of pyridine rings is 1. The molecule has 0 aliphatic rings. The average Bonchev–Trinajstić information content (AvgIpc) is 3.36. The molecule has 0 aliphatic heterocycles. The highest BCUT2D eigenvalue weighted by Crippen LogP contribution is 2.31. The van der Waals surface area contributed by atoms with Crippen molar-refractivity contribution in [1.29, 1.82) is 0 Å². The van der Waals surface area contributed by atoms with Crippen molar-refractivity contribution < 1.29 is 13.2 Å². The number of fused-ring (bicyclic) bond motifs is 1. The van der Waals surface area contributed by atoms with E-state index < -0.39 is 9.84 Å². The second-order valence-corrected chi connectivity index (χ2v) is 11.2. The van der Waals surface area contributed by atoms with Crippen molar-refractivity contribution in [3.63, 3.8) is 0 Å². The molecule has 36 heavy (non-hydrogen) atoms. The number of sulfone groups is 1. The van der Waals surface area contributed by atoms with Gasteiger partial charge in [0.2, 0.25) is 0 Å². The number of hydrogen-bond acceptors (Lipinski definition) is 6. The minimum atomic E-state index is -3.01. The summed E-state index contributed by atoms with van der Waals surface area (Å²) >= 11 is 6.47. The maximum absolute atomic E-state index is 11.4. The Hall–Kier alpha value is -3.75. The van der Waals surface area contributed by atoms with E-state index in [-0.39, 0.29) is 5.75 Å². The lowest BCUT2D eigenvalue weighted by atomic mass is 10.1. The van der Waals surface area contributed by atoms with Crippen molar-refractivity contribution in [3.05, 3.63) is 96.2 Å². The van der Waals surface area contributed by atoms with Crippen molar-refractivity contribution in [2.24, 2.45) is 0 Å². The molecule has 5 aromatic rings. The van der Waals surface area contributed by atoms with Gasteiger partial charge in [-0.05, 0) is 59.7 Å². The molecule has 0 saturated carbocycles. The molecular formula is C27H23ClN4O3S. The van der Waals surface area contributed by atoms with Gasteiger partial charge in [-0.1, -0.05) is 23.7 Å². The van der Waals surface area contributed by atoms with Gasteiger partial charge in [-0.15, -0.1) is 0 Å². The van der Waals surface area contributed by atoms with Crippen LogP contribution in [-0.4, -0.2) is 39.9 Å². The highest BCUT2D eigenvalue weighted by Gasteiger charge is 2.10. The van der Waals surface area contributed by atoms with E-state index in [2.05, 4.69) is 9.97 Å². The van der Waals surface area contributed by atoms with E-state index >= 15 is 0 Å². The van der Waals surface area contributed by atoms with E-state index in [1.165, 1.54) is 6.26 Å². The Bertz CT molecular complexity index is 1640. The third kappa shape index (κ3) is 5.72. The Morgan fingerprint density at radius 3 is 2.61 bits per heavy atom. The molecule has 3 aromatic heterocycles. The van der Waals surface area contributed by atoms with Gasteiger partial charge in [0, 0.05) is 48.5 Å². The summed E-state index contributed by atoms with van der Waals surface area (Å²) in [6.45, 7) is 0.754. The lowest BCUT2D eigenvalue weighted by Gasteiger charge is -2.09.